The van der Waals surface area contributed by atoms with Crippen molar-refractivity contribution in [3.8, 4) is 0 Å². The zero-order chi connectivity index (χ0) is 17.8. The molecule has 0 spiro atoms. The quantitative estimate of drug-likeness (QED) is 0.605. The lowest BCUT2D eigenvalue weighted by Gasteiger charge is -2.37. The van der Waals surface area contributed by atoms with Gasteiger partial charge in [-0.3, -0.25) is 9.98 Å². The highest BCUT2D eigenvalue weighted by Gasteiger charge is 2.52. The zero-order valence-electron chi connectivity index (χ0n) is 13.7. The summed E-state index contributed by atoms with van der Waals surface area (Å²) >= 11 is 0. The molecule has 126 valence electrons. The van der Waals surface area contributed by atoms with Gasteiger partial charge in [-0.1, -0.05) is 36.4 Å². The molecule has 0 unspecified atom stereocenters. The third-order valence-corrected chi connectivity index (χ3v) is 4.62. The third-order valence-electron chi connectivity index (χ3n) is 4.62. The van der Waals surface area contributed by atoms with Gasteiger partial charge in [0.2, 0.25) is 0 Å². The van der Waals surface area contributed by atoms with Crippen molar-refractivity contribution >= 4 is 16.6 Å². The summed E-state index contributed by atoms with van der Waals surface area (Å²) in [7, 11) is 0. The van der Waals surface area contributed by atoms with Crippen molar-refractivity contribution < 1.29 is 13.2 Å². The van der Waals surface area contributed by atoms with Crippen LogP contribution in [-0.4, -0.2) is 16.2 Å². The van der Waals surface area contributed by atoms with E-state index in [2.05, 4.69) is 9.98 Å². The van der Waals surface area contributed by atoms with Crippen LogP contribution in [0.1, 0.15) is 30.5 Å². The summed E-state index contributed by atoms with van der Waals surface area (Å²) in [6.07, 6.45) is 1.49. The molecule has 1 aliphatic rings. The van der Waals surface area contributed by atoms with Gasteiger partial charge < -0.3 is 0 Å². The standard InChI is InChI=1S/C20H15F3N2/c1-19(2)20(22,23)15-8-4-3-7-14(15)17(25-19)13-10-12-6-5-9-16(21)18(12)24-11-13/h3-11H,1-2H3. The first kappa shape index (κ1) is 15.8. The summed E-state index contributed by atoms with van der Waals surface area (Å²) in [5.74, 6) is -3.49. The van der Waals surface area contributed by atoms with Gasteiger partial charge in [-0.15, -0.1) is 0 Å². The summed E-state index contributed by atoms with van der Waals surface area (Å²) in [6.45, 7) is 2.83. The van der Waals surface area contributed by atoms with E-state index >= 15 is 0 Å². The van der Waals surface area contributed by atoms with Crippen LogP contribution in [0.2, 0.25) is 0 Å². The van der Waals surface area contributed by atoms with Crippen molar-refractivity contribution in [3.63, 3.8) is 0 Å². The minimum Gasteiger partial charge on any atom is -0.271 e. The van der Waals surface area contributed by atoms with Crippen molar-refractivity contribution in [2.75, 3.05) is 0 Å². The Balaban J connectivity index is 1.97. The van der Waals surface area contributed by atoms with Crippen LogP contribution >= 0.6 is 0 Å². The van der Waals surface area contributed by atoms with E-state index in [0.717, 1.165) is 0 Å². The monoisotopic (exact) mass is 340 g/mol. The molecule has 0 N–H and O–H groups in total. The number of hydrogen-bond acceptors (Lipinski definition) is 2. The van der Waals surface area contributed by atoms with E-state index in [9.17, 15) is 13.2 Å². The normalized spacial score (nSPS) is 17.9. The van der Waals surface area contributed by atoms with Crippen molar-refractivity contribution in [3.05, 3.63) is 77.2 Å². The Hall–Kier alpha value is -2.69. The summed E-state index contributed by atoms with van der Waals surface area (Å²) in [5, 5.41) is 0.604. The summed E-state index contributed by atoms with van der Waals surface area (Å²) in [4.78, 5) is 8.51. The van der Waals surface area contributed by atoms with Gasteiger partial charge in [0.15, 0.2) is 0 Å². The van der Waals surface area contributed by atoms with Gasteiger partial charge in [0.1, 0.15) is 16.9 Å². The van der Waals surface area contributed by atoms with Crippen LogP contribution in [0.5, 0.6) is 0 Å². The molecule has 0 saturated carbocycles. The Labute approximate surface area is 143 Å². The molecular weight excluding hydrogens is 325 g/mol. The number of hydrogen-bond donors (Lipinski definition) is 0. The van der Waals surface area contributed by atoms with E-state index in [-0.39, 0.29) is 11.1 Å². The zero-order valence-corrected chi connectivity index (χ0v) is 13.7. The maximum absolute atomic E-state index is 14.8. The molecule has 3 aromatic rings. The van der Waals surface area contributed by atoms with E-state index in [1.807, 2.05) is 0 Å². The topological polar surface area (TPSA) is 25.2 Å². The Morgan fingerprint density at radius 1 is 0.960 bits per heavy atom. The molecule has 0 aliphatic carbocycles. The highest BCUT2D eigenvalue weighted by atomic mass is 19.3. The summed E-state index contributed by atoms with van der Waals surface area (Å²) in [6, 6.07) is 12.8. The first-order valence-electron chi connectivity index (χ1n) is 7.93. The number of fused-ring (bicyclic) bond motifs is 2. The second-order valence-corrected chi connectivity index (χ2v) is 6.67. The van der Waals surface area contributed by atoms with Gasteiger partial charge >= 0.3 is 0 Å². The highest BCUT2D eigenvalue weighted by Crippen LogP contribution is 2.46. The second kappa shape index (κ2) is 5.15. The van der Waals surface area contributed by atoms with E-state index in [1.165, 1.54) is 32.2 Å². The number of para-hydroxylation sites is 1. The van der Waals surface area contributed by atoms with Crippen LogP contribution in [0.15, 0.2) is 59.7 Å². The molecule has 1 aliphatic heterocycles. The van der Waals surface area contributed by atoms with Crippen LogP contribution in [0.3, 0.4) is 0 Å². The third kappa shape index (κ3) is 2.26. The molecule has 2 aromatic carbocycles. The van der Waals surface area contributed by atoms with Gasteiger partial charge in [0.25, 0.3) is 5.92 Å². The summed E-state index contributed by atoms with van der Waals surface area (Å²) < 4.78 is 43.4. The molecule has 1 aromatic heterocycles. The maximum Gasteiger partial charge on any atom is 0.297 e. The number of aliphatic imine (C=N–C) groups is 1. The first-order chi connectivity index (χ1) is 11.8. The lowest BCUT2D eigenvalue weighted by molar-refractivity contribution is -0.0681. The molecular formula is C20H15F3N2. The van der Waals surface area contributed by atoms with Crippen LogP contribution in [0.4, 0.5) is 13.2 Å². The molecule has 2 nitrogen and oxygen atoms in total. The number of rotatable bonds is 1. The molecule has 0 atom stereocenters. The number of alkyl halides is 2. The second-order valence-electron chi connectivity index (χ2n) is 6.67. The minimum atomic E-state index is -3.08. The van der Waals surface area contributed by atoms with Crippen molar-refractivity contribution in [1.82, 2.24) is 4.98 Å². The van der Waals surface area contributed by atoms with Crippen molar-refractivity contribution in [2.45, 2.75) is 25.3 Å². The van der Waals surface area contributed by atoms with Gasteiger partial charge in [-0.05, 0) is 26.0 Å². The summed E-state index contributed by atoms with van der Waals surface area (Å²) in [5.41, 5.74) is 0.0293. The average Bonchev–Trinajstić information content (AvgIpc) is 2.58. The van der Waals surface area contributed by atoms with Crippen LogP contribution in [-0.2, 0) is 5.92 Å². The predicted molar refractivity (Wildman–Crippen MR) is 91.8 cm³/mol. The fourth-order valence-electron chi connectivity index (χ4n) is 3.18. The molecule has 0 radical (unpaired) electrons. The van der Waals surface area contributed by atoms with Gasteiger partial charge in [0, 0.05) is 28.3 Å². The predicted octanol–water partition coefficient (Wildman–Crippen LogP) is 5.10. The molecule has 5 heteroatoms. The Bertz CT molecular complexity index is 1020. The Kier molecular flexibility index (Phi) is 3.26. The SMILES string of the molecule is CC1(C)N=C(c2cnc3c(F)cccc3c2)c2ccccc2C1(F)F. The molecule has 4 rings (SSSR count). The molecule has 2 heterocycles. The fraction of sp³-hybridized carbons (Fsp3) is 0.200. The smallest absolute Gasteiger partial charge is 0.271 e. The minimum absolute atomic E-state index is 0.0515. The lowest BCUT2D eigenvalue weighted by Crippen LogP contribution is -2.44. The largest absolute Gasteiger partial charge is 0.297 e. The molecule has 0 bridgehead atoms. The molecule has 0 amide bonds. The molecule has 25 heavy (non-hydrogen) atoms. The molecule has 0 saturated heterocycles. The van der Waals surface area contributed by atoms with E-state index in [1.54, 1.807) is 36.4 Å². The van der Waals surface area contributed by atoms with Crippen LogP contribution in [0, 0.1) is 5.82 Å². The van der Waals surface area contributed by atoms with Crippen molar-refractivity contribution in [2.24, 2.45) is 4.99 Å². The van der Waals surface area contributed by atoms with Crippen LogP contribution < -0.4 is 0 Å². The van der Waals surface area contributed by atoms with Crippen molar-refractivity contribution in [1.29, 1.82) is 0 Å². The van der Waals surface area contributed by atoms with Crippen LogP contribution in [0.25, 0.3) is 10.9 Å². The van der Waals surface area contributed by atoms with Gasteiger partial charge in [-0.2, -0.15) is 8.78 Å². The van der Waals surface area contributed by atoms with E-state index in [0.29, 0.717) is 22.2 Å². The Morgan fingerprint density at radius 3 is 2.52 bits per heavy atom. The van der Waals surface area contributed by atoms with Gasteiger partial charge in [-0.25, -0.2) is 4.39 Å². The fourth-order valence-corrected chi connectivity index (χ4v) is 3.18. The lowest BCUT2D eigenvalue weighted by atomic mass is 9.81. The van der Waals surface area contributed by atoms with Gasteiger partial charge in [0.05, 0.1) is 5.71 Å². The number of pyridine rings is 1. The first-order valence-corrected chi connectivity index (χ1v) is 7.93. The maximum atomic E-state index is 14.8. The Morgan fingerprint density at radius 2 is 1.72 bits per heavy atom. The number of halogens is 3. The highest BCUT2D eigenvalue weighted by molar-refractivity contribution is 6.15. The van der Waals surface area contributed by atoms with E-state index in [4.69, 9.17) is 0 Å². The average molecular weight is 340 g/mol. The number of nitrogens with zero attached hydrogens (tertiary/aromatic N) is 2. The number of benzene rings is 2. The molecule has 0 fully saturated rings. The number of aromatic nitrogens is 1. The van der Waals surface area contributed by atoms with E-state index < -0.39 is 17.3 Å².